The number of amides is 3. The van der Waals surface area contributed by atoms with Gasteiger partial charge in [0.1, 0.15) is 23.4 Å². The van der Waals surface area contributed by atoms with Gasteiger partial charge in [-0.1, -0.05) is 12.1 Å². The van der Waals surface area contributed by atoms with Gasteiger partial charge < -0.3 is 24.4 Å². The number of carbonyl (C=O) groups is 3. The number of hydrogen-bond donors (Lipinski definition) is 2. The van der Waals surface area contributed by atoms with Crippen LogP contribution < -0.4 is 10.1 Å². The van der Waals surface area contributed by atoms with Gasteiger partial charge in [-0.25, -0.2) is 4.79 Å². The largest absolute Gasteiger partial charge is 0.497 e. The molecule has 202 valence electrons. The van der Waals surface area contributed by atoms with E-state index in [-0.39, 0.29) is 18.2 Å². The molecule has 0 unspecified atom stereocenters. The SMILES string of the molecule is C=C[C@]1(c2ccc(OC)cc2NC(=O)OC(C)(C)C)C[C@H]2C(=O)N3CCC[C@H]3C(=O)N2[C@H]1CC(C)(C)O. The summed E-state index contributed by atoms with van der Waals surface area (Å²) >= 11 is 0. The van der Waals surface area contributed by atoms with E-state index in [2.05, 4.69) is 11.9 Å². The Labute approximate surface area is 218 Å². The highest BCUT2D eigenvalue weighted by atomic mass is 16.6. The lowest BCUT2D eigenvalue weighted by Crippen LogP contribution is -2.63. The van der Waals surface area contributed by atoms with Crippen molar-refractivity contribution < 1.29 is 29.0 Å². The number of methoxy groups -OCH3 is 1. The average molecular weight is 514 g/mol. The Morgan fingerprint density at radius 1 is 1.22 bits per heavy atom. The average Bonchev–Trinajstić information content (AvgIpc) is 3.40. The number of rotatable bonds is 6. The van der Waals surface area contributed by atoms with E-state index < -0.39 is 40.8 Å². The highest BCUT2D eigenvalue weighted by molar-refractivity contribution is 5.99. The topological polar surface area (TPSA) is 108 Å². The van der Waals surface area contributed by atoms with Crippen LogP contribution in [0.5, 0.6) is 5.75 Å². The van der Waals surface area contributed by atoms with Crippen molar-refractivity contribution in [2.45, 2.75) is 95.0 Å². The Kier molecular flexibility index (Phi) is 6.82. The van der Waals surface area contributed by atoms with Crippen molar-refractivity contribution in [1.29, 1.82) is 0 Å². The number of benzene rings is 1. The summed E-state index contributed by atoms with van der Waals surface area (Å²) in [6.07, 6.45) is 3.07. The maximum atomic E-state index is 13.8. The molecule has 0 saturated carbocycles. The highest BCUT2D eigenvalue weighted by Gasteiger charge is 2.61. The van der Waals surface area contributed by atoms with Gasteiger partial charge >= 0.3 is 6.09 Å². The zero-order valence-electron chi connectivity index (χ0n) is 22.7. The second kappa shape index (κ2) is 9.35. The predicted octanol–water partition coefficient (Wildman–Crippen LogP) is 3.60. The fraction of sp³-hybridized carbons (Fsp3) is 0.607. The number of carbonyl (C=O) groups excluding carboxylic acids is 3. The van der Waals surface area contributed by atoms with Gasteiger partial charge in [0, 0.05) is 24.1 Å². The summed E-state index contributed by atoms with van der Waals surface area (Å²) in [6, 6.07) is 3.61. The van der Waals surface area contributed by atoms with Crippen molar-refractivity contribution in [1.82, 2.24) is 9.80 Å². The van der Waals surface area contributed by atoms with Crippen LogP contribution in [-0.2, 0) is 19.7 Å². The van der Waals surface area contributed by atoms with E-state index in [9.17, 15) is 19.5 Å². The molecule has 1 aromatic rings. The Morgan fingerprint density at radius 2 is 1.92 bits per heavy atom. The van der Waals surface area contributed by atoms with Crippen LogP contribution >= 0.6 is 0 Å². The summed E-state index contributed by atoms with van der Waals surface area (Å²) in [7, 11) is 1.53. The molecule has 0 spiro atoms. The minimum atomic E-state index is -1.13. The monoisotopic (exact) mass is 513 g/mol. The van der Waals surface area contributed by atoms with Gasteiger partial charge in [0.25, 0.3) is 0 Å². The van der Waals surface area contributed by atoms with E-state index in [1.807, 2.05) is 6.07 Å². The molecule has 37 heavy (non-hydrogen) atoms. The third kappa shape index (κ3) is 4.93. The maximum absolute atomic E-state index is 13.8. The molecule has 3 fully saturated rings. The molecule has 3 aliphatic rings. The molecular formula is C28H39N3O6. The molecule has 3 heterocycles. The second-order valence-electron chi connectivity index (χ2n) is 12.0. The molecule has 4 rings (SSSR count). The van der Waals surface area contributed by atoms with E-state index in [0.717, 1.165) is 6.42 Å². The fourth-order valence-corrected chi connectivity index (χ4v) is 6.13. The van der Waals surface area contributed by atoms with E-state index in [1.165, 1.54) is 7.11 Å². The maximum Gasteiger partial charge on any atom is 0.412 e. The lowest BCUT2D eigenvalue weighted by Gasteiger charge is -2.44. The minimum absolute atomic E-state index is 0.0678. The molecular weight excluding hydrogens is 474 g/mol. The molecule has 0 aromatic heterocycles. The van der Waals surface area contributed by atoms with Gasteiger partial charge in [0.2, 0.25) is 11.8 Å². The van der Waals surface area contributed by atoms with Crippen molar-refractivity contribution in [3.63, 3.8) is 0 Å². The van der Waals surface area contributed by atoms with Crippen LogP contribution in [0.2, 0.25) is 0 Å². The first-order valence-corrected chi connectivity index (χ1v) is 12.9. The van der Waals surface area contributed by atoms with Crippen LogP contribution in [0.1, 0.15) is 65.9 Å². The van der Waals surface area contributed by atoms with Gasteiger partial charge in [0.15, 0.2) is 0 Å². The minimum Gasteiger partial charge on any atom is -0.497 e. The quantitative estimate of drug-likeness (QED) is 0.563. The summed E-state index contributed by atoms with van der Waals surface area (Å²) in [4.78, 5) is 43.6. The molecule has 0 aliphatic carbocycles. The van der Waals surface area contributed by atoms with Crippen molar-refractivity contribution in [3.05, 3.63) is 36.4 Å². The van der Waals surface area contributed by atoms with E-state index >= 15 is 0 Å². The Balaban J connectivity index is 1.85. The van der Waals surface area contributed by atoms with Crippen molar-refractivity contribution in [3.8, 4) is 5.75 Å². The molecule has 9 heteroatoms. The number of anilines is 1. The predicted molar refractivity (Wildman–Crippen MR) is 139 cm³/mol. The second-order valence-corrected chi connectivity index (χ2v) is 12.0. The number of hydrogen-bond acceptors (Lipinski definition) is 6. The van der Waals surface area contributed by atoms with E-state index in [1.54, 1.807) is 62.6 Å². The summed E-state index contributed by atoms with van der Waals surface area (Å²) in [5.74, 6) is 0.369. The van der Waals surface area contributed by atoms with Crippen LogP contribution in [0.25, 0.3) is 0 Å². The molecule has 1 aromatic carbocycles. The Hall–Kier alpha value is -3.07. The van der Waals surface area contributed by atoms with Gasteiger partial charge in [0.05, 0.1) is 18.4 Å². The van der Waals surface area contributed by atoms with Gasteiger partial charge in [-0.05, 0) is 71.9 Å². The zero-order valence-corrected chi connectivity index (χ0v) is 22.7. The smallest absolute Gasteiger partial charge is 0.412 e. The molecule has 3 amide bonds. The fourth-order valence-electron chi connectivity index (χ4n) is 6.13. The summed E-state index contributed by atoms with van der Waals surface area (Å²) in [5.41, 5.74) is -1.64. The number of nitrogens with zero attached hydrogens (tertiary/aromatic N) is 2. The van der Waals surface area contributed by atoms with Crippen LogP contribution in [0.4, 0.5) is 10.5 Å². The van der Waals surface area contributed by atoms with E-state index in [0.29, 0.717) is 36.4 Å². The zero-order chi connectivity index (χ0) is 27.3. The lowest BCUT2D eigenvalue weighted by molar-refractivity contribution is -0.159. The Morgan fingerprint density at radius 3 is 2.51 bits per heavy atom. The van der Waals surface area contributed by atoms with Crippen molar-refractivity contribution >= 4 is 23.6 Å². The first-order chi connectivity index (χ1) is 17.2. The number of fused-ring (bicyclic) bond motifs is 2. The molecule has 9 nitrogen and oxygen atoms in total. The molecule has 0 bridgehead atoms. The first kappa shape index (κ1) is 27.0. The Bertz CT molecular complexity index is 1100. The molecule has 2 N–H and O–H groups in total. The highest BCUT2D eigenvalue weighted by Crippen LogP contribution is 2.52. The van der Waals surface area contributed by atoms with Crippen molar-refractivity contribution in [2.75, 3.05) is 19.0 Å². The third-order valence-electron chi connectivity index (χ3n) is 7.58. The first-order valence-electron chi connectivity index (χ1n) is 12.9. The standard InChI is InChI=1S/C28H39N3O6/c1-8-28(18-12-11-17(36-7)14-19(18)29-25(34)37-26(2,3)4)15-21-23(32)30-13-9-10-20(30)24(33)31(21)22(28)16-27(5,6)35/h8,11-12,14,20-22,35H,1,9-10,13,15-16H2,2-7H3,(H,29,34)/t20-,21-,22-,28+/m0/s1. The molecule has 3 saturated heterocycles. The summed E-state index contributed by atoms with van der Waals surface area (Å²) in [6.45, 7) is 13.5. The van der Waals surface area contributed by atoms with Crippen LogP contribution in [0, 0.1) is 0 Å². The van der Waals surface area contributed by atoms with Crippen LogP contribution in [-0.4, -0.2) is 75.8 Å². The van der Waals surface area contributed by atoms with Gasteiger partial charge in [-0.15, -0.1) is 6.58 Å². The summed E-state index contributed by atoms with van der Waals surface area (Å²) in [5, 5.41) is 13.8. The molecule has 0 radical (unpaired) electrons. The van der Waals surface area contributed by atoms with Crippen LogP contribution in [0.15, 0.2) is 30.9 Å². The normalized spacial score (nSPS) is 27.6. The number of ether oxygens (including phenoxy) is 2. The summed E-state index contributed by atoms with van der Waals surface area (Å²) < 4.78 is 10.9. The van der Waals surface area contributed by atoms with Crippen LogP contribution in [0.3, 0.4) is 0 Å². The number of piperazine rings is 1. The van der Waals surface area contributed by atoms with Gasteiger partial charge in [-0.3, -0.25) is 14.9 Å². The third-order valence-corrected chi connectivity index (χ3v) is 7.58. The van der Waals surface area contributed by atoms with Crippen molar-refractivity contribution in [2.24, 2.45) is 0 Å². The molecule has 3 aliphatic heterocycles. The van der Waals surface area contributed by atoms with Gasteiger partial charge in [-0.2, -0.15) is 0 Å². The van der Waals surface area contributed by atoms with E-state index in [4.69, 9.17) is 9.47 Å². The number of nitrogens with one attached hydrogen (secondary N) is 1. The lowest BCUT2D eigenvalue weighted by atomic mass is 9.70. The molecule has 4 atom stereocenters. The number of aliphatic hydroxyl groups is 1.